The van der Waals surface area contributed by atoms with E-state index >= 15 is 0 Å². The Balaban J connectivity index is 1.68. The fourth-order valence-electron chi connectivity index (χ4n) is 4.91. The first-order chi connectivity index (χ1) is 18.6. The summed E-state index contributed by atoms with van der Waals surface area (Å²) in [4.78, 5) is 11.2. The van der Waals surface area contributed by atoms with E-state index in [9.17, 15) is 13.5 Å². The molecule has 210 valence electrons. The summed E-state index contributed by atoms with van der Waals surface area (Å²) in [6.07, 6.45) is 0.832. The van der Waals surface area contributed by atoms with Crippen LogP contribution < -0.4 is 14.8 Å². The van der Waals surface area contributed by atoms with Crippen LogP contribution in [0.3, 0.4) is 0 Å². The molecule has 3 aromatic rings. The summed E-state index contributed by atoms with van der Waals surface area (Å²) in [5.41, 5.74) is 4.32. The van der Waals surface area contributed by atoms with Gasteiger partial charge >= 0.3 is 0 Å². The van der Waals surface area contributed by atoms with Crippen molar-refractivity contribution in [3.63, 3.8) is 0 Å². The molecule has 3 N–H and O–H groups in total. The Morgan fingerprint density at radius 2 is 1.77 bits per heavy atom. The number of benzene rings is 2. The van der Waals surface area contributed by atoms with Gasteiger partial charge in [-0.1, -0.05) is 44.2 Å². The molecule has 0 radical (unpaired) electrons. The van der Waals surface area contributed by atoms with Crippen LogP contribution in [0.4, 0.5) is 5.95 Å². The van der Waals surface area contributed by atoms with Crippen LogP contribution in [0, 0.1) is 26.7 Å². The molecule has 1 aliphatic rings. The van der Waals surface area contributed by atoms with Gasteiger partial charge in [-0.25, -0.2) is 18.1 Å². The first-order valence-electron chi connectivity index (χ1n) is 13.3. The molecule has 2 heterocycles. The van der Waals surface area contributed by atoms with E-state index in [-0.39, 0.29) is 35.5 Å². The molecule has 4 rings (SSSR count). The molecular weight excluding hydrogens is 514 g/mol. The zero-order valence-electron chi connectivity index (χ0n) is 23.3. The number of rotatable bonds is 12. The average Bonchev–Trinajstić information content (AvgIpc) is 2.83. The summed E-state index contributed by atoms with van der Waals surface area (Å²) >= 11 is 0. The maximum atomic E-state index is 13.2. The minimum atomic E-state index is -3.92. The van der Waals surface area contributed by atoms with E-state index in [1.165, 1.54) is 6.07 Å². The molecule has 9 nitrogen and oxygen atoms in total. The van der Waals surface area contributed by atoms with E-state index in [1.807, 2.05) is 45.0 Å². The molecule has 0 spiro atoms. The zero-order chi connectivity index (χ0) is 28.2. The lowest BCUT2D eigenvalue weighted by atomic mass is 10.00. The van der Waals surface area contributed by atoms with Crippen molar-refractivity contribution in [2.45, 2.75) is 58.0 Å². The zero-order valence-corrected chi connectivity index (χ0v) is 24.1. The minimum absolute atomic E-state index is 0.0341. The molecule has 0 saturated carbocycles. The normalized spacial score (nSPS) is 14.9. The molecule has 1 saturated heterocycles. The van der Waals surface area contributed by atoms with Crippen LogP contribution in [0.2, 0.25) is 0 Å². The molecule has 1 aliphatic heterocycles. The third-order valence-electron chi connectivity index (χ3n) is 6.99. The third-order valence-corrected chi connectivity index (χ3v) is 8.32. The van der Waals surface area contributed by atoms with Crippen molar-refractivity contribution in [1.29, 1.82) is 0 Å². The van der Waals surface area contributed by atoms with Gasteiger partial charge in [0, 0.05) is 36.8 Å². The summed E-state index contributed by atoms with van der Waals surface area (Å²) in [5, 5.41) is 13.4. The van der Waals surface area contributed by atoms with Crippen LogP contribution in [-0.2, 0) is 10.0 Å². The topological polar surface area (TPSA) is 117 Å². The molecule has 1 atom stereocenters. The number of anilines is 1. The predicted molar refractivity (Wildman–Crippen MR) is 153 cm³/mol. The van der Waals surface area contributed by atoms with E-state index in [2.05, 4.69) is 38.8 Å². The highest BCUT2D eigenvalue weighted by Crippen LogP contribution is 2.30. The fourth-order valence-corrected chi connectivity index (χ4v) is 5.96. The van der Waals surface area contributed by atoms with E-state index in [0.29, 0.717) is 18.2 Å². The van der Waals surface area contributed by atoms with Gasteiger partial charge in [-0.2, -0.15) is 4.98 Å². The van der Waals surface area contributed by atoms with E-state index in [1.54, 1.807) is 18.2 Å². The van der Waals surface area contributed by atoms with Crippen LogP contribution >= 0.6 is 0 Å². The summed E-state index contributed by atoms with van der Waals surface area (Å²) in [6, 6.07) is 14.6. The van der Waals surface area contributed by atoms with Crippen LogP contribution in [0.1, 0.15) is 37.0 Å². The summed E-state index contributed by atoms with van der Waals surface area (Å²) in [6.45, 7) is 12.0. The molecule has 2 aromatic carbocycles. The van der Waals surface area contributed by atoms with Crippen LogP contribution in [0.15, 0.2) is 53.4 Å². The van der Waals surface area contributed by atoms with Crippen molar-refractivity contribution in [1.82, 2.24) is 20.2 Å². The molecule has 10 heteroatoms. The van der Waals surface area contributed by atoms with Crippen molar-refractivity contribution in [3.8, 4) is 17.1 Å². The Hall–Kier alpha value is -3.05. The Morgan fingerprint density at radius 3 is 2.36 bits per heavy atom. The number of hydrogen-bond acceptors (Lipinski definition) is 8. The second-order valence-electron chi connectivity index (χ2n) is 10.7. The quantitative estimate of drug-likeness (QED) is 0.289. The van der Waals surface area contributed by atoms with Gasteiger partial charge in [0.25, 0.3) is 10.0 Å². The molecule has 39 heavy (non-hydrogen) atoms. The maximum absolute atomic E-state index is 13.2. The minimum Gasteiger partial charge on any atom is -0.476 e. The van der Waals surface area contributed by atoms with Crippen molar-refractivity contribution in [3.05, 3.63) is 65.2 Å². The lowest BCUT2D eigenvalue weighted by molar-refractivity contribution is -0.0134. The predicted octanol–water partition coefficient (Wildman–Crippen LogP) is 3.89. The van der Waals surface area contributed by atoms with Crippen LogP contribution in [0.25, 0.3) is 11.3 Å². The van der Waals surface area contributed by atoms with Crippen molar-refractivity contribution in [2.24, 2.45) is 5.92 Å². The van der Waals surface area contributed by atoms with E-state index in [4.69, 9.17) is 4.74 Å². The van der Waals surface area contributed by atoms with Gasteiger partial charge in [-0.05, 0) is 61.9 Å². The second kappa shape index (κ2) is 12.4. The van der Waals surface area contributed by atoms with Gasteiger partial charge in [-0.3, -0.25) is 4.90 Å². The highest BCUT2D eigenvalue weighted by Gasteiger charge is 2.31. The number of nitrogens with zero attached hydrogens (tertiary/aromatic N) is 3. The number of hydrogen-bond donors (Lipinski definition) is 3. The van der Waals surface area contributed by atoms with Gasteiger partial charge in [0.1, 0.15) is 6.61 Å². The van der Waals surface area contributed by atoms with Gasteiger partial charge in [0.2, 0.25) is 11.8 Å². The maximum Gasteiger partial charge on any atom is 0.264 e. The SMILES string of the molecule is Cc1cccc(S(=O)(=O)Nc2nc(OC[C@@H](CC(C)C)N(CO)C3CNC3)cc(-c3c(C)cccc3C)n2)c1. The second-order valence-corrected chi connectivity index (χ2v) is 12.3. The summed E-state index contributed by atoms with van der Waals surface area (Å²) < 4.78 is 35.2. The smallest absolute Gasteiger partial charge is 0.264 e. The lowest BCUT2D eigenvalue weighted by Gasteiger charge is -2.42. The van der Waals surface area contributed by atoms with Gasteiger partial charge in [-0.15, -0.1) is 0 Å². The Labute approximate surface area is 231 Å². The lowest BCUT2D eigenvalue weighted by Crippen LogP contribution is -2.61. The molecule has 0 amide bonds. The summed E-state index contributed by atoms with van der Waals surface area (Å²) in [7, 11) is -3.92. The average molecular weight is 554 g/mol. The molecule has 1 fully saturated rings. The number of sulfonamides is 1. The number of nitrogens with one attached hydrogen (secondary N) is 2. The largest absolute Gasteiger partial charge is 0.476 e. The first-order valence-corrected chi connectivity index (χ1v) is 14.8. The standard InChI is InChI=1S/C29H39N5O4S/c1-19(2)12-23(34(18-35)24-15-30-16-24)17-38-27-14-26(28-21(4)9-7-10-22(28)5)31-29(32-27)33-39(36,37)25-11-6-8-20(3)13-25/h6-11,13-14,19,23-24,30,35H,12,15-18H2,1-5H3,(H,31,32,33)/t23-/m1/s1. The van der Waals surface area contributed by atoms with Gasteiger partial charge < -0.3 is 15.2 Å². The number of aryl methyl sites for hydroxylation is 3. The number of aromatic nitrogens is 2. The highest BCUT2D eigenvalue weighted by molar-refractivity contribution is 7.92. The molecule has 1 aromatic heterocycles. The van der Waals surface area contributed by atoms with Crippen molar-refractivity contribution >= 4 is 16.0 Å². The summed E-state index contributed by atoms with van der Waals surface area (Å²) in [5.74, 6) is 0.602. The highest BCUT2D eigenvalue weighted by atomic mass is 32.2. The molecular formula is C29H39N5O4S. The van der Waals surface area contributed by atoms with Crippen molar-refractivity contribution < 1.29 is 18.3 Å². The monoisotopic (exact) mass is 553 g/mol. The van der Waals surface area contributed by atoms with Gasteiger partial charge in [0.05, 0.1) is 17.3 Å². The van der Waals surface area contributed by atoms with Gasteiger partial charge in [0.15, 0.2) is 0 Å². The Bertz CT molecular complexity index is 1370. The molecule has 0 aliphatic carbocycles. The third kappa shape index (κ3) is 7.13. The van der Waals surface area contributed by atoms with E-state index < -0.39 is 10.0 Å². The number of aliphatic hydroxyl groups excluding tert-OH is 1. The first kappa shape index (κ1) is 28.9. The molecule has 0 bridgehead atoms. The number of ether oxygens (including phenoxy) is 1. The Kier molecular flexibility index (Phi) is 9.22. The van der Waals surface area contributed by atoms with Crippen LogP contribution in [-0.4, -0.2) is 66.9 Å². The Morgan fingerprint density at radius 1 is 1.08 bits per heavy atom. The van der Waals surface area contributed by atoms with Crippen molar-refractivity contribution in [2.75, 3.05) is 31.1 Å². The molecule has 0 unspecified atom stereocenters. The number of aliphatic hydroxyl groups is 1. The van der Waals surface area contributed by atoms with Crippen LogP contribution in [0.5, 0.6) is 5.88 Å². The van der Waals surface area contributed by atoms with E-state index in [0.717, 1.165) is 41.8 Å². The fraction of sp³-hybridized carbons (Fsp3) is 0.448.